The summed E-state index contributed by atoms with van der Waals surface area (Å²) in [5.74, 6) is 1.11. The van der Waals surface area contributed by atoms with Gasteiger partial charge in [-0.25, -0.2) is 9.97 Å². The number of nitrogens with zero attached hydrogens (tertiary/aromatic N) is 2. The third-order valence-corrected chi connectivity index (χ3v) is 3.13. The molecule has 1 heterocycles. The standard InChI is InChI=1S/C7H9BrN2S/c1-2-3-11-7-6(8)4-9-5-10-7/h4-5H,2-3H2,1H3. The van der Waals surface area contributed by atoms with Gasteiger partial charge in [0.05, 0.1) is 4.47 Å². The molecule has 0 aliphatic heterocycles. The predicted octanol–water partition coefficient (Wildman–Crippen LogP) is 2.74. The van der Waals surface area contributed by atoms with Crippen LogP contribution in [-0.2, 0) is 0 Å². The Bertz CT molecular complexity index is 229. The van der Waals surface area contributed by atoms with Gasteiger partial charge in [-0.2, -0.15) is 0 Å². The van der Waals surface area contributed by atoms with Crippen LogP contribution < -0.4 is 0 Å². The average molecular weight is 233 g/mol. The molecule has 1 aromatic heterocycles. The minimum atomic E-state index is 0.985. The zero-order valence-corrected chi connectivity index (χ0v) is 8.65. The molecular formula is C7H9BrN2S. The van der Waals surface area contributed by atoms with Crippen molar-refractivity contribution in [2.24, 2.45) is 0 Å². The van der Waals surface area contributed by atoms with Crippen molar-refractivity contribution in [2.45, 2.75) is 18.4 Å². The molecule has 1 rings (SSSR count). The van der Waals surface area contributed by atoms with E-state index < -0.39 is 0 Å². The van der Waals surface area contributed by atoms with Gasteiger partial charge in [0.1, 0.15) is 11.4 Å². The lowest BCUT2D eigenvalue weighted by Crippen LogP contribution is -1.84. The molecule has 0 aliphatic carbocycles. The van der Waals surface area contributed by atoms with Crippen LogP contribution in [0.25, 0.3) is 0 Å². The lowest BCUT2D eigenvalue weighted by Gasteiger charge is -1.98. The molecule has 0 atom stereocenters. The number of hydrogen-bond acceptors (Lipinski definition) is 3. The van der Waals surface area contributed by atoms with Gasteiger partial charge < -0.3 is 0 Å². The first-order chi connectivity index (χ1) is 5.34. The molecule has 0 fully saturated rings. The molecule has 0 aliphatic rings. The highest BCUT2D eigenvalue weighted by molar-refractivity contribution is 9.10. The Morgan fingerprint density at radius 2 is 2.45 bits per heavy atom. The lowest BCUT2D eigenvalue weighted by atomic mass is 10.6. The Morgan fingerprint density at radius 1 is 1.64 bits per heavy atom. The second-order valence-electron chi connectivity index (χ2n) is 2.02. The third kappa shape index (κ3) is 2.79. The van der Waals surface area contributed by atoms with E-state index in [1.54, 1.807) is 24.3 Å². The second-order valence-corrected chi connectivity index (χ2v) is 3.96. The lowest BCUT2D eigenvalue weighted by molar-refractivity contribution is 1.02. The van der Waals surface area contributed by atoms with Gasteiger partial charge in [-0.3, -0.25) is 0 Å². The van der Waals surface area contributed by atoms with E-state index in [4.69, 9.17) is 0 Å². The summed E-state index contributed by atoms with van der Waals surface area (Å²) < 4.78 is 0.985. The summed E-state index contributed by atoms with van der Waals surface area (Å²) in [5, 5.41) is 1.03. The van der Waals surface area contributed by atoms with Crippen molar-refractivity contribution in [1.29, 1.82) is 0 Å². The van der Waals surface area contributed by atoms with Gasteiger partial charge in [0.15, 0.2) is 0 Å². The smallest absolute Gasteiger partial charge is 0.116 e. The van der Waals surface area contributed by atoms with Crippen LogP contribution in [0.2, 0.25) is 0 Å². The molecule has 1 aromatic rings. The second kappa shape index (κ2) is 4.72. The van der Waals surface area contributed by atoms with Crippen molar-refractivity contribution in [3.63, 3.8) is 0 Å². The van der Waals surface area contributed by atoms with E-state index in [9.17, 15) is 0 Å². The molecular weight excluding hydrogens is 224 g/mol. The van der Waals surface area contributed by atoms with Crippen molar-refractivity contribution in [3.05, 3.63) is 17.0 Å². The number of rotatable bonds is 3. The maximum Gasteiger partial charge on any atom is 0.116 e. The fourth-order valence-electron chi connectivity index (χ4n) is 0.606. The van der Waals surface area contributed by atoms with Crippen LogP contribution in [0, 0.1) is 0 Å². The molecule has 2 nitrogen and oxygen atoms in total. The molecule has 4 heteroatoms. The van der Waals surface area contributed by atoms with Crippen LogP contribution in [-0.4, -0.2) is 15.7 Å². The average Bonchev–Trinajstić information content (AvgIpc) is 2.03. The highest BCUT2D eigenvalue weighted by Gasteiger charge is 1.98. The molecule has 0 spiro atoms. The molecule has 0 bridgehead atoms. The monoisotopic (exact) mass is 232 g/mol. The van der Waals surface area contributed by atoms with Gasteiger partial charge in [-0.1, -0.05) is 6.92 Å². The normalized spacial score (nSPS) is 10.0. The highest BCUT2D eigenvalue weighted by atomic mass is 79.9. The molecule has 11 heavy (non-hydrogen) atoms. The largest absolute Gasteiger partial charge is 0.244 e. The van der Waals surface area contributed by atoms with Gasteiger partial charge in [-0.05, 0) is 28.1 Å². The van der Waals surface area contributed by atoms with Crippen molar-refractivity contribution in [1.82, 2.24) is 9.97 Å². The van der Waals surface area contributed by atoms with E-state index >= 15 is 0 Å². The summed E-state index contributed by atoms with van der Waals surface area (Å²) in [4.78, 5) is 8.00. The van der Waals surface area contributed by atoms with Crippen LogP contribution in [0.1, 0.15) is 13.3 Å². The molecule has 0 saturated carbocycles. The van der Waals surface area contributed by atoms with Crippen LogP contribution in [0.4, 0.5) is 0 Å². The highest BCUT2D eigenvalue weighted by Crippen LogP contribution is 2.23. The summed E-state index contributed by atoms with van der Waals surface area (Å²) in [6.07, 6.45) is 4.51. The predicted molar refractivity (Wildman–Crippen MR) is 50.7 cm³/mol. The SMILES string of the molecule is CCCSc1ncncc1Br. The summed E-state index contributed by atoms with van der Waals surface area (Å²) in [5.41, 5.74) is 0. The Labute approximate surface area is 79.0 Å². The quantitative estimate of drug-likeness (QED) is 0.593. The topological polar surface area (TPSA) is 25.8 Å². The number of hydrogen-bond donors (Lipinski definition) is 0. The van der Waals surface area contributed by atoms with Crippen LogP contribution in [0.3, 0.4) is 0 Å². The first kappa shape index (κ1) is 9.00. The van der Waals surface area contributed by atoms with Gasteiger partial charge in [0, 0.05) is 6.20 Å². The molecule has 60 valence electrons. The first-order valence-corrected chi connectivity index (χ1v) is 5.20. The van der Waals surface area contributed by atoms with Crippen LogP contribution in [0.15, 0.2) is 22.0 Å². The molecule has 0 amide bonds. The van der Waals surface area contributed by atoms with Crippen molar-refractivity contribution in [3.8, 4) is 0 Å². The number of halogens is 1. The zero-order valence-electron chi connectivity index (χ0n) is 6.25. The maximum atomic E-state index is 4.12. The Morgan fingerprint density at radius 3 is 3.09 bits per heavy atom. The van der Waals surface area contributed by atoms with Crippen LogP contribution >= 0.6 is 27.7 Å². The summed E-state index contributed by atoms with van der Waals surface area (Å²) >= 11 is 5.13. The maximum absolute atomic E-state index is 4.12. The van der Waals surface area contributed by atoms with Gasteiger partial charge in [0.2, 0.25) is 0 Å². The van der Waals surface area contributed by atoms with E-state index in [2.05, 4.69) is 32.8 Å². The minimum absolute atomic E-state index is 0.985. The van der Waals surface area contributed by atoms with Crippen molar-refractivity contribution in [2.75, 3.05) is 5.75 Å². The zero-order chi connectivity index (χ0) is 8.10. The Hall–Kier alpha value is -0.0900. The fourth-order valence-corrected chi connectivity index (χ4v) is 1.88. The third-order valence-electron chi connectivity index (χ3n) is 1.08. The van der Waals surface area contributed by atoms with Gasteiger partial charge in [0.25, 0.3) is 0 Å². The molecule has 0 N–H and O–H groups in total. The van der Waals surface area contributed by atoms with Crippen molar-refractivity contribution < 1.29 is 0 Å². The first-order valence-electron chi connectivity index (χ1n) is 3.43. The Balaban J connectivity index is 2.62. The number of aromatic nitrogens is 2. The van der Waals surface area contributed by atoms with Gasteiger partial charge >= 0.3 is 0 Å². The van der Waals surface area contributed by atoms with Crippen LogP contribution in [0.5, 0.6) is 0 Å². The summed E-state index contributed by atoms with van der Waals surface area (Å²) in [6, 6.07) is 0. The fraction of sp³-hybridized carbons (Fsp3) is 0.429. The Kier molecular flexibility index (Phi) is 3.86. The minimum Gasteiger partial charge on any atom is -0.244 e. The summed E-state index contributed by atoms with van der Waals surface area (Å²) in [7, 11) is 0. The van der Waals surface area contributed by atoms with Crippen molar-refractivity contribution >= 4 is 27.7 Å². The molecule has 0 unspecified atom stereocenters. The van der Waals surface area contributed by atoms with E-state index in [0.29, 0.717) is 0 Å². The van der Waals surface area contributed by atoms with E-state index in [-0.39, 0.29) is 0 Å². The number of thioether (sulfide) groups is 1. The molecule has 0 saturated heterocycles. The molecule has 0 aromatic carbocycles. The molecule has 0 radical (unpaired) electrons. The van der Waals surface area contributed by atoms with Gasteiger partial charge in [-0.15, -0.1) is 11.8 Å². The summed E-state index contributed by atoms with van der Waals surface area (Å²) in [6.45, 7) is 2.15. The van der Waals surface area contributed by atoms with E-state index in [1.807, 2.05) is 0 Å². The van der Waals surface area contributed by atoms with E-state index in [1.165, 1.54) is 6.42 Å². The van der Waals surface area contributed by atoms with E-state index in [0.717, 1.165) is 15.3 Å².